The molecule has 0 amide bonds. The minimum absolute atomic E-state index is 0.860. The molecule has 0 spiro atoms. The standard InChI is InChI=1S/C13H13N2/c1-2-4-12-5-3-6-13(9-12)10-15-8-7-14-11-15/h2-9,11H,1,10H2. The Morgan fingerprint density at radius 3 is 3.07 bits per heavy atom. The van der Waals surface area contributed by atoms with Crippen molar-refractivity contribution in [1.82, 2.24) is 9.55 Å². The maximum absolute atomic E-state index is 4.02. The summed E-state index contributed by atoms with van der Waals surface area (Å²) in [5, 5.41) is 0. The SMILES string of the molecule is [CH2]C=Cc1cccc(Cn2ccnc2)c1. The number of benzene rings is 1. The van der Waals surface area contributed by atoms with Gasteiger partial charge in [-0.15, -0.1) is 0 Å². The number of nitrogens with zero attached hydrogens (tertiary/aromatic N) is 2. The molecule has 1 radical (unpaired) electrons. The van der Waals surface area contributed by atoms with Crippen LogP contribution in [0.25, 0.3) is 6.08 Å². The Bertz CT molecular complexity index is 441. The van der Waals surface area contributed by atoms with Gasteiger partial charge in [0.2, 0.25) is 0 Å². The molecule has 2 heteroatoms. The summed E-state index contributed by atoms with van der Waals surface area (Å²) in [5.74, 6) is 0. The van der Waals surface area contributed by atoms with Crippen molar-refractivity contribution in [2.24, 2.45) is 0 Å². The smallest absolute Gasteiger partial charge is 0.0949 e. The van der Waals surface area contributed by atoms with Crippen LogP contribution in [0.5, 0.6) is 0 Å². The number of allylic oxidation sites excluding steroid dienone is 1. The molecule has 0 saturated heterocycles. The van der Waals surface area contributed by atoms with E-state index in [1.165, 1.54) is 11.1 Å². The van der Waals surface area contributed by atoms with Crippen LogP contribution >= 0.6 is 0 Å². The predicted molar refractivity (Wildman–Crippen MR) is 62.2 cm³/mol. The minimum atomic E-state index is 0.860. The quantitative estimate of drug-likeness (QED) is 0.739. The Hall–Kier alpha value is -1.83. The number of hydrogen-bond acceptors (Lipinski definition) is 1. The zero-order valence-electron chi connectivity index (χ0n) is 8.50. The lowest BCUT2D eigenvalue weighted by Gasteiger charge is -2.03. The summed E-state index contributed by atoms with van der Waals surface area (Å²) in [7, 11) is 0. The van der Waals surface area contributed by atoms with Gasteiger partial charge in [-0.1, -0.05) is 30.4 Å². The second-order valence-electron chi connectivity index (χ2n) is 3.38. The van der Waals surface area contributed by atoms with E-state index in [9.17, 15) is 0 Å². The number of rotatable bonds is 3. The van der Waals surface area contributed by atoms with Crippen LogP contribution < -0.4 is 0 Å². The zero-order chi connectivity index (χ0) is 10.5. The van der Waals surface area contributed by atoms with Crippen molar-refractivity contribution in [3.8, 4) is 0 Å². The maximum Gasteiger partial charge on any atom is 0.0949 e. The zero-order valence-corrected chi connectivity index (χ0v) is 8.50. The fourth-order valence-electron chi connectivity index (χ4n) is 1.52. The number of imidazole rings is 1. The molecule has 0 N–H and O–H groups in total. The van der Waals surface area contributed by atoms with E-state index in [2.05, 4.69) is 36.2 Å². The second kappa shape index (κ2) is 4.60. The molecule has 0 bridgehead atoms. The molecule has 1 heterocycles. The Morgan fingerprint density at radius 1 is 1.40 bits per heavy atom. The van der Waals surface area contributed by atoms with Crippen LogP contribution in [0.1, 0.15) is 11.1 Å². The summed E-state index contributed by atoms with van der Waals surface area (Å²) >= 11 is 0. The highest BCUT2D eigenvalue weighted by molar-refractivity contribution is 5.50. The highest BCUT2D eigenvalue weighted by Gasteiger charge is 1.94. The van der Waals surface area contributed by atoms with Gasteiger partial charge >= 0.3 is 0 Å². The van der Waals surface area contributed by atoms with Crippen molar-refractivity contribution in [3.05, 3.63) is 67.1 Å². The normalized spacial score (nSPS) is 11.0. The van der Waals surface area contributed by atoms with Crippen molar-refractivity contribution >= 4 is 6.08 Å². The van der Waals surface area contributed by atoms with Crippen LogP contribution in [0.4, 0.5) is 0 Å². The number of hydrogen-bond donors (Lipinski definition) is 0. The molecule has 0 atom stereocenters. The molecule has 15 heavy (non-hydrogen) atoms. The molecule has 0 aliphatic carbocycles. The van der Waals surface area contributed by atoms with E-state index in [1.807, 2.05) is 23.2 Å². The van der Waals surface area contributed by atoms with Crippen LogP contribution in [-0.2, 0) is 6.54 Å². The fourth-order valence-corrected chi connectivity index (χ4v) is 1.52. The maximum atomic E-state index is 4.02. The molecule has 0 fully saturated rings. The van der Waals surface area contributed by atoms with E-state index >= 15 is 0 Å². The largest absolute Gasteiger partial charge is 0.333 e. The summed E-state index contributed by atoms with van der Waals surface area (Å²) < 4.78 is 2.05. The molecule has 75 valence electrons. The molecule has 0 aliphatic heterocycles. The van der Waals surface area contributed by atoms with E-state index in [1.54, 1.807) is 12.3 Å². The van der Waals surface area contributed by atoms with Crippen LogP contribution in [0, 0.1) is 6.92 Å². The van der Waals surface area contributed by atoms with Crippen molar-refractivity contribution in [1.29, 1.82) is 0 Å². The van der Waals surface area contributed by atoms with E-state index in [4.69, 9.17) is 0 Å². The van der Waals surface area contributed by atoms with Crippen molar-refractivity contribution in [3.63, 3.8) is 0 Å². The van der Waals surface area contributed by atoms with E-state index in [0.717, 1.165) is 6.54 Å². The summed E-state index contributed by atoms with van der Waals surface area (Å²) in [5.41, 5.74) is 2.45. The summed E-state index contributed by atoms with van der Waals surface area (Å²) in [4.78, 5) is 4.02. The van der Waals surface area contributed by atoms with Gasteiger partial charge in [-0.3, -0.25) is 0 Å². The van der Waals surface area contributed by atoms with E-state index in [-0.39, 0.29) is 0 Å². The van der Waals surface area contributed by atoms with Crippen LogP contribution in [0.3, 0.4) is 0 Å². The van der Waals surface area contributed by atoms with Gasteiger partial charge < -0.3 is 4.57 Å². The van der Waals surface area contributed by atoms with Gasteiger partial charge in [0.15, 0.2) is 0 Å². The third-order valence-corrected chi connectivity index (χ3v) is 2.19. The molecule has 2 aromatic rings. The molecule has 0 aliphatic rings. The molecule has 2 nitrogen and oxygen atoms in total. The second-order valence-corrected chi connectivity index (χ2v) is 3.38. The van der Waals surface area contributed by atoms with Gasteiger partial charge in [0, 0.05) is 18.9 Å². The number of aromatic nitrogens is 2. The third-order valence-electron chi connectivity index (χ3n) is 2.19. The van der Waals surface area contributed by atoms with Crippen molar-refractivity contribution in [2.75, 3.05) is 0 Å². The van der Waals surface area contributed by atoms with Gasteiger partial charge in [0.1, 0.15) is 0 Å². The first kappa shape index (κ1) is 9.71. The van der Waals surface area contributed by atoms with Gasteiger partial charge in [-0.2, -0.15) is 0 Å². The predicted octanol–water partition coefficient (Wildman–Crippen LogP) is 2.78. The highest BCUT2D eigenvalue weighted by atomic mass is 15.0. The van der Waals surface area contributed by atoms with E-state index < -0.39 is 0 Å². The van der Waals surface area contributed by atoms with Gasteiger partial charge in [0.05, 0.1) is 6.33 Å². The lowest BCUT2D eigenvalue weighted by molar-refractivity contribution is 0.797. The molecule has 1 aromatic carbocycles. The minimum Gasteiger partial charge on any atom is -0.333 e. The van der Waals surface area contributed by atoms with Gasteiger partial charge in [-0.25, -0.2) is 4.98 Å². The van der Waals surface area contributed by atoms with Crippen molar-refractivity contribution < 1.29 is 0 Å². The first-order valence-electron chi connectivity index (χ1n) is 4.89. The summed E-state index contributed by atoms with van der Waals surface area (Å²) in [6.45, 7) is 4.55. The fraction of sp³-hybridized carbons (Fsp3) is 0.0769. The van der Waals surface area contributed by atoms with E-state index in [0.29, 0.717) is 0 Å². The molecule has 2 rings (SSSR count). The molecule has 1 aromatic heterocycles. The lowest BCUT2D eigenvalue weighted by Crippen LogP contribution is -1.96. The van der Waals surface area contributed by atoms with Crippen LogP contribution in [0.2, 0.25) is 0 Å². The molecular weight excluding hydrogens is 184 g/mol. The van der Waals surface area contributed by atoms with Gasteiger partial charge in [0.25, 0.3) is 0 Å². The summed E-state index contributed by atoms with van der Waals surface area (Å²) in [6.07, 6.45) is 9.38. The molecular formula is C13H13N2. The molecule has 0 unspecified atom stereocenters. The first-order valence-corrected chi connectivity index (χ1v) is 4.89. The monoisotopic (exact) mass is 197 g/mol. The lowest BCUT2D eigenvalue weighted by atomic mass is 10.1. The third kappa shape index (κ3) is 2.56. The average Bonchev–Trinajstić information content (AvgIpc) is 2.71. The summed E-state index contributed by atoms with van der Waals surface area (Å²) in [6, 6.07) is 8.39. The van der Waals surface area contributed by atoms with Crippen LogP contribution in [-0.4, -0.2) is 9.55 Å². The van der Waals surface area contributed by atoms with Gasteiger partial charge in [-0.05, 0) is 24.1 Å². The van der Waals surface area contributed by atoms with Crippen LogP contribution in [0.15, 0.2) is 49.1 Å². The topological polar surface area (TPSA) is 17.8 Å². The highest BCUT2D eigenvalue weighted by Crippen LogP contribution is 2.08. The Kier molecular flexibility index (Phi) is 2.98. The Balaban J connectivity index is 2.18. The Morgan fingerprint density at radius 2 is 2.33 bits per heavy atom. The van der Waals surface area contributed by atoms with Crippen molar-refractivity contribution in [2.45, 2.75) is 6.54 Å². The first-order chi connectivity index (χ1) is 7.38. The average molecular weight is 197 g/mol. The molecule has 0 saturated carbocycles. The Labute approximate surface area is 89.9 Å².